The van der Waals surface area contributed by atoms with Gasteiger partial charge in [0, 0.05) is 18.2 Å². The van der Waals surface area contributed by atoms with Gasteiger partial charge in [-0.15, -0.1) is 0 Å². The largest absolute Gasteiger partial charge is 0.369 e. The van der Waals surface area contributed by atoms with Gasteiger partial charge in [-0.3, -0.25) is 0 Å². The van der Waals surface area contributed by atoms with Crippen LogP contribution in [0.5, 0.6) is 0 Å². The molecule has 4 nitrogen and oxygen atoms in total. The number of nitrogen functional groups attached to an aromatic ring is 1. The summed E-state index contributed by atoms with van der Waals surface area (Å²) in [5.74, 6) is 1.12. The molecule has 0 spiro atoms. The van der Waals surface area contributed by atoms with Crippen molar-refractivity contribution in [3.8, 4) is 0 Å². The number of hydrogen-bond acceptors (Lipinski definition) is 3. The van der Waals surface area contributed by atoms with Gasteiger partial charge in [0.15, 0.2) is 5.95 Å². The van der Waals surface area contributed by atoms with Crippen LogP contribution in [-0.4, -0.2) is 35.0 Å². The summed E-state index contributed by atoms with van der Waals surface area (Å²) in [6, 6.07) is 0. The quantitative estimate of drug-likeness (QED) is 0.635. The van der Waals surface area contributed by atoms with Gasteiger partial charge in [-0.05, 0) is 20.0 Å². The van der Waals surface area contributed by atoms with Gasteiger partial charge in [0.05, 0.1) is 6.20 Å². The lowest BCUT2D eigenvalue weighted by Gasteiger charge is -2.07. The number of anilines is 1. The van der Waals surface area contributed by atoms with Crippen LogP contribution in [-0.2, 0) is 0 Å². The molecule has 0 aromatic carbocycles. The fourth-order valence-corrected chi connectivity index (χ4v) is 1.75. The highest BCUT2D eigenvalue weighted by molar-refractivity contribution is 5.21. The first-order chi connectivity index (χ1) is 5.75. The minimum absolute atomic E-state index is 0.527. The normalized spacial score (nSPS) is 24.9. The average Bonchev–Trinajstić information content (AvgIpc) is 2.58. The number of rotatable bonds is 1. The van der Waals surface area contributed by atoms with Crippen molar-refractivity contribution in [1.29, 1.82) is 0 Å². The van der Waals surface area contributed by atoms with Crippen molar-refractivity contribution in [1.82, 2.24) is 14.9 Å². The molecule has 0 aliphatic carbocycles. The Balaban J connectivity index is 2.11. The summed E-state index contributed by atoms with van der Waals surface area (Å²) in [5.41, 5.74) is 6.68. The van der Waals surface area contributed by atoms with E-state index < -0.39 is 0 Å². The Morgan fingerprint density at radius 1 is 1.75 bits per heavy atom. The minimum atomic E-state index is 0.527. The Hall–Kier alpha value is -1.03. The number of hydrogen-bond donors (Lipinski definition) is 2. The molecule has 1 aliphatic heterocycles. The summed E-state index contributed by atoms with van der Waals surface area (Å²) in [5, 5.41) is 0. The summed E-state index contributed by atoms with van der Waals surface area (Å²) in [6.45, 7) is 2.28. The molecule has 2 heterocycles. The van der Waals surface area contributed by atoms with Crippen LogP contribution in [0.2, 0.25) is 0 Å². The standard InChI is InChI=1S/C8H14N4/c1-12-3-2-6(5-12)7-4-10-8(9)11-7/h4,6H,2-3,5H2,1H3,(H3,9,10,11). The zero-order valence-electron chi connectivity index (χ0n) is 7.25. The zero-order valence-corrected chi connectivity index (χ0v) is 7.25. The summed E-state index contributed by atoms with van der Waals surface area (Å²) in [4.78, 5) is 9.39. The predicted molar refractivity (Wildman–Crippen MR) is 47.9 cm³/mol. The first-order valence-corrected chi connectivity index (χ1v) is 4.24. The van der Waals surface area contributed by atoms with Crippen LogP contribution in [0.3, 0.4) is 0 Å². The Morgan fingerprint density at radius 3 is 3.08 bits per heavy atom. The molecule has 1 unspecified atom stereocenters. The molecule has 1 aromatic rings. The van der Waals surface area contributed by atoms with Crippen molar-refractivity contribution in [2.24, 2.45) is 0 Å². The Morgan fingerprint density at radius 2 is 2.58 bits per heavy atom. The Kier molecular flexibility index (Phi) is 1.77. The van der Waals surface area contributed by atoms with Crippen LogP contribution in [0.1, 0.15) is 18.0 Å². The Labute approximate surface area is 71.8 Å². The van der Waals surface area contributed by atoms with E-state index in [2.05, 4.69) is 21.9 Å². The summed E-state index contributed by atoms with van der Waals surface area (Å²) < 4.78 is 0. The molecule has 1 aromatic heterocycles. The van der Waals surface area contributed by atoms with Gasteiger partial charge in [0.1, 0.15) is 0 Å². The van der Waals surface area contributed by atoms with Crippen LogP contribution >= 0.6 is 0 Å². The van der Waals surface area contributed by atoms with Crippen LogP contribution in [0, 0.1) is 0 Å². The molecule has 12 heavy (non-hydrogen) atoms. The number of aromatic nitrogens is 2. The van der Waals surface area contributed by atoms with E-state index in [1.165, 1.54) is 18.7 Å². The van der Waals surface area contributed by atoms with E-state index >= 15 is 0 Å². The van der Waals surface area contributed by atoms with Crippen molar-refractivity contribution in [3.63, 3.8) is 0 Å². The maximum Gasteiger partial charge on any atom is 0.197 e. The highest BCUT2D eigenvalue weighted by Crippen LogP contribution is 2.24. The van der Waals surface area contributed by atoms with Gasteiger partial charge in [0.2, 0.25) is 0 Å². The van der Waals surface area contributed by atoms with E-state index in [9.17, 15) is 0 Å². The number of aromatic amines is 1. The highest BCUT2D eigenvalue weighted by atomic mass is 15.1. The molecule has 3 N–H and O–H groups in total. The second-order valence-corrected chi connectivity index (χ2v) is 3.47. The highest BCUT2D eigenvalue weighted by Gasteiger charge is 2.22. The lowest BCUT2D eigenvalue weighted by Crippen LogP contribution is -2.13. The van der Waals surface area contributed by atoms with Crippen molar-refractivity contribution in [3.05, 3.63) is 11.9 Å². The molecule has 66 valence electrons. The van der Waals surface area contributed by atoms with Gasteiger partial charge in [-0.2, -0.15) is 0 Å². The van der Waals surface area contributed by atoms with E-state index in [1.807, 2.05) is 6.20 Å². The van der Waals surface area contributed by atoms with E-state index in [0.717, 1.165) is 6.54 Å². The molecular weight excluding hydrogens is 152 g/mol. The molecule has 1 fully saturated rings. The fourth-order valence-electron chi connectivity index (χ4n) is 1.75. The Bertz CT molecular complexity index is 268. The molecule has 0 bridgehead atoms. The smallest absolute Gasteiger partial charge is 0.197 e. The molecule has 1 saturated heterocycles. The summed E-state index contributed by atoms with van der Waals surface area (Å²) in [6.07, 6.45) is 3.05. The third-order valence-corrected chi connectivity index (χ3v) is 2.45. The van der Waals surface area contributed by atoms with Crippen LogP contribution in [0.15, 0.2) is 6.20 Å². The lowest BCUT2D eigenvalue weighted by atomic mass is 10.1. The number of imidazole rings is 1. The predicted octanol–water partition coefficient (Wildman–Crippen LogP) is 0.411. The molecule has 1 aliphatic rings. The molecule has 0 saturated carbocycles. The second-order valence-electron chi connectivity index (χ2n) is 3.47. The van der Waals surface area contributed by atoms with E-state index in [1.54, 1.807) is 0 Å². The molecule has 4 heteroatoms. The maximum atomic E-state index is 5.50. The summed E-state index contributed by atoms with van der Waals surface area (Å²) >= 11 is 0. The zero-order chi connectivity index (χ0) is 8.55. The lowest BCUT2D eigenvalue weighted by molar-refractivity contribution is 0.411. The van der Waals surface area contributed by atoms with Crippen molar-refractivity contribution in [2.45, 2.75) is 12.3 Å². The van der Waals surface area contributed by atoms with Crippen molar-refractivity contribution in [2.75, 3.05) is 25.9 Å². The molecule has 1 atom stereocenters. The number of H-pyrrole nitrogens is 1. The average molecular weight is 166 g/mol. The number of nitrogens with zero attached hydrogens (tertiary/aromatic N) is 2. The van der Waals surface area contributed by atoms with Gasteiger partial charge in [-0.1, -0.05) is 0 Å². The molecular formula is C8H14N4. The van der Waals surface area contributed by atoms with Gasteiger partial charge < -0.3 is 15.6 Å². The molecule has 2 rings (SSSR count). The van der Waals surface area contributed by atoms with E-state index in [4.69, 9.17) is 5.73 Å². The number of nitrogens with two attached hydrogens (primary N) is 1. The number of nitrogens with one attached hydrogen (secondary N) is 1. The van der Waals surface area contributed by atoms with Gasteiger partial charge >= 0.3 is 0 Å². The topological polar surface area (TPSA) is 57.9 Å². The first kappa shape index (κ1) is 7.61. The van der Waals surface area contributed by atoms with Crippen molar-refractivity contribution >= 4 is 5.95 Å². The second kappa shape index (κ2) is 2.79. The summed E-state index contributed by atoms with van der Waals surface area (Å²) in [7, 11) is 2.14. The number of likely N-dealkylation sites (N-methyl/N-ethyl adjacent to an activating group) is 1. The van der Waals surface area contributed by atoms with Crippen LogP contribution < -0.4 is 5.73 Å². The van der Waals surface area contributed by atoms with Gasteiger partial charge in [-0.25, -0.2) is 4.98 Å². The van der Waals surface area contributed by atoms with Crippen molar-refractivity contribution < 1.29 is 0 Å². The third kappa shape index (κ3) is 1.30. The molecule has 0 amide bonds. The maximum absolute atomic E-state index is 5.50. The van der Waals surface area contributed by atoms with Gasteiger partial charge in [0.25, 0.3) is 0 Å². The monoisotopic (exact) mass is 166 g/mol. The minimum Gasteiger partial charge on any atom is -0.369 e. The number of likely N-dealkylation sites (tertiary alicyclic amines) is 1. The SMILES string of the molecule is CN1CCC(c2cnc(N)[nH]2)C1. The van der Waals surface area contributed by atoms with Crippen LogP contribution in [0.25, 0.3) is 0 Å². The third-order valence-electron chi connectivity index (χ3n) is 2.45. The van der Waals surface area contributed by atoms with Crippen LogP contribution in [0.4, 0.5) is 5.95 Å². The first-order valence-electron chi connectivity index (χ1n) is 4.24. The van der Waals surface area contributed by atoms with E-state index in [-0.39, 0.29) is 0 Å². The molecule has 0 radical (unpaired) electrons. The fraction of sp³-hybridized carbons (Fsp3) is 0.625. The van der Waals surface area contributed by atoms with E-state index in [0.29, 0.717) is 11.9 Å².